The summed E-state index contributed by atoms with van der Waals surface area (Å²) in [6.07, 6.45) is 6.43. The van der Waals surface area contributed by atoms with E-state index in [1.807, 2.05) is 24.3 Å². The Hall–Kier alpha value is -2.04. The van der Waals surface area contributed by atoms with Gasteiger partial charge in [-0.25, -0.2) is 0 Å². The van der Waals surface area contributed by atoms with Crippen molar-refractivity contribution < 1.29 is 14.3 Å². The summed E-state index contributed by atoms with van der Waals surface area (Å²) in [5, 5.41) is 3.01. The Kier molecular flexibility index (Phi) is 5.95. The van der Waals surface area contributed by atoms with E-state index in [1.165, 1.54) is 12.8 Å². The average molecular weight is 344 g/mol. The van der Waals surface area contributed by atoms with E-state index in [4.69, 9.17) is 4.74 Å². The molecule has 1 aliphatic carbocycles. The third kappa shape index (κ3) is 4.53. The van der Waals surface area contributed by atoms with E-state index in [2.05, 4.69) is 10.2 Å². The summed E-state index contributed by atoms with van der Waals surface area (Å²) < 4.78 is 5.32. The molecule has 5 heteroatoms. The molecular weight excluding hydrogens is 316 g/mol. The average Bonchev–Trinajstić information content (AvgIpc) is 3.27. The summed E-state index contributed by atoms with van der Waals surface area (Å²) in [4.78, 5) is 26.4. The first-order valence-electron chi connectivity index (χ1n) is 9.35. The highest BCUT2D eigenvalue weighted by molar-refractivity contribution is 5.79. The zero-order valence-corrected chi connectivity index (χ0v) is 15.0. The number of carbonyl (C=O) groups excluding carboxylic acids is 2. The quantitative estimate of drug-likeness (QED) is 0.827. The van der Waals surface area contributed by atoms with E-state index in [1.54, 1.807) is 7.11 Å². The van der Waals surface area contributed by atoms with Crippen LogP contribution < -0.4 is 10.1 Å². The Bertz CT molecular complexity index is 611. The number of nitrogens with one attached hydrogen (secondary N) is 1. The molecule has 0 aromatic heterocycles. The van der Waals surface area contributed by atoms with Gasteiger partial charge >= 0.3 is 0 Å². The second-order valence-electron chi connectivity index (χ2n) is 7.17. The normalized spacial score (nSPS) is 20.9. The van der Waals surface area contributed by atoms with Gasteiger partial charge in [-0.1, -0.05) is 31.0 Å². The van der Waals surface area contributed by atoms with E-state index >= 15 is 0 Å². The van der Waals surface area contributed by atoms with E-state index in [-0.39, 0.29) is 17.7 Å². The minimum atomic E-state index is 0.0395. The number of hydrogen-bond donors (Lipinski definition) is 1. The molecule has 1 atom stereocenters. The summed E-state index contributed by atoms with van der Waals surface area (Å²) in [6.45, 7) is 1.40. The second-order valence-corrected chi connectivity index (χ2v) is 7.17. The van der Waals surface area contributed by atoms with Crippen molar-refractivity contribution in [1.82, 2.24) is 10.2 Å². The van der Waals surface area contributed by atoms with Crippen LogP contribution in [0.3, 0.4) is 0 Å². The lowest BCUT2D eigenvalue weighted by Gasteiger charge is -2.24. The van der Waals surface area contributed by atoms with Crippen molar-refractivity contribution in [2.45, 2.75) is 51.0 Å². The van der Waals surface area contributed by atoms with Crippen molar-refractivity contribution in [2.24, 2.45) is 5.92 Å². The fraction of sp³-hybridized carbons (Fsp3) is 0.600. The zero-order valence-electron chi connectivity index (χ0n) is 15.0. The van der Waals surface area contributed by atoms with Crippen LogP contribution in [0.1, 0.15) is 44.1 Å². The lowest BCUT2D eigenvalue weighted by molar-refractivity contribution is -0.129. The van der Waals surface area contributed by atoms with Crippen LogP contribution in [0.25, 0.3) is 0 Å². The number of carbonyl (C=O) groups is 2. The number of benzene rings is 1. The Morgan fingerprint density at radius 1 is 1.28 bits per heavy atom. The third-order valence-electron chi connectivity index (χ3n) is 5.41. The van der Waals surface area contributed by atoms with Crippen LogP contribution in [0, 0.1) is 5.92 Å². The lowest BCUT2D eigenvalue weighted by atomic mass is 10.1. The number of hydrogen-bond acceptors (Lipinski definition) is 3. The first kappa shape index (κ1) is 17.8. The molecule has 0 bridgehead atoms. The highest BCUT2D eigenvalue weighted by Gasteiger charge is 2.35. The van der Waals surface area contributed by atoms with Crippen molar-refractivity contribution >= 4 is 11.8 Å². The second kappa shape index (κ2) is 8.37. The first-order valence-corrected chi connectivity index (χ1v) is 9.35. The number of methoxy groups -OCH3 is 1. The first-order chi connectivity index (χ1) is 12.2. The van der Waals surface area contributed by atoms with E-state index in [0.717, 1.165) is 30.7 Å². The molecule has 1 heterocycles. The monoisotopic (exact) mass is 344 g/mol. The molecule has 2 amide bonds. The highest BCUT2D eigenvalue weighted by atomic mass is 16.5. The Morgan fingerprint density at radius 2 is 2.04 bits per heavy atom. The van der Waals surface area contributed by atoms with Crippen LogP contribution in [-0.4, -0.2) is 43.0 Å². The van der Waals surface area contributed by atoms with Gasteiger partial charge in [-0.05, 0) is 30.9 Å². The Labute approximate surface area is 149 Å². The molecule has 1 aromatic carbocycles. The fourth-order valence-electron chi connectivity index (χ4n) is 4.02. The maximum absolute atomic E-state index is 12.2. The molecule has 136 valence electrons. The number of nitrogens with zero attached hydrogens (tertiary/aromatic N) is 1. The van der Waals surface area contributed by atoms with Gasteiger partial charge in [0.25, 0.3) is 0 Å². The summed E-state index contributed by atoms with van der Waals surface area (Å²) in [5.74, 6) is 1.38. The van der Waals surface area contributed by atoms with Crippen molar-refractivity contribution in [3.8, 4) is 5.75 Å². The number of para-hydroxylation sites is 1. The van der Waals surface area contributed by atoms with Gasteiger partial charge in [-0.3, -0.25) is 9.59 Å². The van der Waals surface area contributed by atoms with Crippen molar-refractivity contribution in [1.29, 1.82) is 0 Å². The minimum Gasteiger partial charge on any atom is -0.496 e. The molecule has 2 aliphatic rings. The maximum Gasteiger partial charge on any atom is 0.223 e. The topological polar surface area (TPSA) is 58.6 Å². The van der Waals surface area contributed by atoms with Gasteiger partial charge in [0.1, 0.15) is 5.75 Å². The Balaban J connectivity index is 1.41. The summed E-state index contributed by atoms with van der Waals surface area (Å²) in [6, 6.07) is 8.22. The molecular formula is C20H28N2O3. The molecule has 0 radical (unpaired) electrons. The largest absolute Gasteiger partial charge is 0.496 e. The molecule has 0 unspecified atom stereocenters. The zero-order chi connectivity index (χ0) is 17.6. The Morgan fingerprint density at radius 3 is 2.80 bits per heavy atom. The van der Waals surface area contributed by atoms with Crippen molar-refractivity contribution in [3.05, 3.63) is 29.8 Å². The molecule has 1 saturated carbocycles. The van der Waals surface area contributed by atoms with E-state index < -0.39 is 0 Å². The predicted octanol–water partition coefficient (Wildman–Crippen LogP) is 2.54. The molecule has 2 fully saturated rings. The molecule has 1 aromatic rings. The van der Waals surface area contributed by atoms with Gasteiger partial charge in [0.15, 0.2) is 0 Å². The molecule has 25 heavy (non-hydrogen) atoms. The van der Waals surface area contributed by atoms with Crippen LogP contribution in [0.5, 0.6) is 5.75 Å². The number of aryl methyl sites for hydroxylation is 1. The van der Waals surface area contributed by atoms with Gasteiger partial charge < -0.3 is 15.0 Å². The van der Waals surface area contributed by atoms with Crippen LogP contribution in [0.15, 0.2) is 24.3 Å². The fourth-order valence-corrected chi connectivity index (χ4v) is 4.02. The van der Waals surface area contributed by atoms with E-state index in [9.17, 15) is 9.59 Å². The molecule has 5 nitrogen and oxygen atoms in total. The molecule has 3 rings (SSSR count). The van der Waals surface area contributed by atoms with Gasteiger partial charge in [-0.2, -0.15) is 0 Å². The van der Waals surface area contributed by atoms with Gasteiger partial charge in [0.05, 0.1) is 7.11 Å². The predicted molar refractivity (Wildman–Crippen MR) is 96.4 cm³/mol. The summed E-state index contributed by atoms with van der Waals surface area (Å²) in [5.41, 5.74) is 1.05. The SMILES string of the molecule is COc1ccccc1CCC(=O)NC[C@@H]1CC(=O)N(C2CCCC2)C1. The maximum atomic E-state index is 12.2. The van der Waals surface area contributed by atoms with Crippen molar-refractivity contribution in [2.75, 3.05) is 20.2 Å². The lowest BCUT2D eigenvalue weighted by Crippen LogP contribution is -2.36. The number of rotatable bonds is 7. The van der Waals surface area contributed by atoms with Crippen LogP contribution in [0.4, 0.5) is 0 Å². The smallest absolute Gasteiger partial charge is 0.223 e. The number of amides is 2. The van der Waals surface area contributed by atoms with Crippen LogP contribution >= 0.6 is 0 Å². The van der Waals surface area contributed by atoms with Crippen molar-refractivity contribution in [3.63, 3.8) is 0 Å². The third-order valence-corrected chi connectivity index (χ3v) is 5.41. The number of ether oxygens (including phenoxy) is 1. The van der Waals surface area contributed by atoms with Crippen LogP contribution in [-0.2, 0) is 16.0 Å². The van der Waals surface area contributed by atoms with E-state index in [0.29, 0.717) is 31.8 Å². The molecule has 1 N–H and O–H groups in total. The molecule has 1 saturated heterocycles. The highest BCUT2D eigenvalue weighted by Crippen LogP contribution is 2.29. The standard InChI is InChI=1S/C20H28N2O3/c1-25-18-9-5-2-6-16(18)10-11-19(23)21-13-15-12-20(24)22(14-15)17-7-3-4-8-17/h2,5-6,9,15,17H,3-4,7-8,10-14H2,1H3,(H,21,23)/t15-/m0/s1. The summed E-state index contributed by atoms with van der Waals surface area (Å²) in [7, 11) is 1.64. The molecule has 0 spiro atoms. The van der Waals surface area contributed by atoms with Gasteiger partial charge in [0, 0.05) is 37.9 Å². The summed E-state index contributed by atoms with van der Waals surface area (Å²) >= 11 is 0. The van der Waals surface area contributed by atoms with Crippen LogP contribution in [0.2, 0.25) is 0 Å². The molecule has 1 aliphatic heterocycles. The van der Waals surface area contributed by atoms with Gasteiger partial charge in [-0.15, -0.1) is 0 Å². The number of likely N-dealkylation sites (tertiary alicyclic amines) is 1. The van der Waals surface area contributed by atoms with Gasteiger partial charge in [0.2, 0.25) is 11.8 Å². The minimum absolute atomic E-state index is 0.0395.